The second-order valence-electron chi connectivity index (χ2n) is 5.89. The number of carbonyl (C=O) groups is 2. The van der Waals surface area contributed by atoms with Crippen LogP contribution in [0.2, 0.25) is 0 Å². The normalized spacial score (nSPS) is 15.2. The molecule has 0 radical (unpaired) electrons. The van der Waals surface area contributed by atoms with E-state index in [0.717, 1.165) is 15.0 Å². The maximum absolute atomic E-state index is 12.3. The highest BCUT2D eigenvalue weighted by Gasteiger charge is 2.27. The van der Waals surface area contributed by atoms with Crippen LogP contribution >= 0.6 is 23.1 Å². The second-order valence-corrected chi connectivity index (χ2v) is 8.29. The van der Waals surface area contributed by atoms with Gasteiger partial charge in [-0.15, -0.1) is 10.2 Å². The van der Waals surface area contributed by atoms with Gasteiger partial charge < -0.3 is 10.2 Å². The van der Waals surface area contributed by atoms with E-state index in [9.17, 15) is 9.59 Å². The van der Waals surface area contributed by atoms with Crippen LogP contribution in [0.3, 0.4) is 0 Å². The first kappa shape index (κ1) is 17.9. The van der Waals surface area contributed by atoms with Crippen LogP contribution in [0.5, 0.6) is 0 Å². The van der Waals surface area contributed by atoms with Crippen molar-refractivity contribution in [3.8, 4) is 0 Å². The number of anilines is 1. The lowest BCUT2D eigenvalue weighted by molar-refractivity contribution is -0.132. The van der Waals surface area contributed by atoms with Crippen molar-refractivity contribution in [1.29, 1.82) is 0 Å². The molecule has 0 unspecified atom stereocenters. The number of hydrogen-bond donors (Lipinski definition) is 1. The second kappa shape index (κ2) is 8.44. The fourth-order valence-electron chi connectivity index (χ4n) is 2.71. The SMILES string of the molecule is Cc1nnc(SCC(=O)N2CCC(C(=O)Nc3ccccc3)CC2)s1. The third-order valence-corrected chi connectivity index (χ3v) is 6.04. The van der Waals surface area contributed by atoms with Gasteiger partial charge >= 0.3 is 0 Å². The molecule has 1 fully saturated rings. The van der Waals surface area contributed by atoms with Gasteiger partial charge in [-0.1, -0.05) is 41.3 Å². The van der Waals surface area contributed by atoms with Crippen molar-refractivity contribution in [3.05, 3.63) is 35.3 Å². The first-order chi connectivity index (χ1) is 12.1. The predicted molar refractivity (Wildman–Crippen MR) is 99.7 cm³/mol. The van der Waals surface area contributed by atoms with Crippen molar-refractivity contribution in [2.75, 3.05) is 24.2 Å². The third kappa shape index (κ3) is 5.02. The van der Waals surface area contributed by atoms with Crippen LogP contribution in [0.1, 0.15) is 17.8 Å². The van der Waals surface area contributed by atoms with Crippen molar-refractivity contribution >= 4 is 40.6 Å². The quantitative estimate of drug-likeness (QED) is 0.812. The average molecular weight is 377 g/mol. The molecular formula is C17H20N4O2S2. The number of piperidine rings is 1. The number of rotatable bonds is 5. The fraction of sp³-hybridized carbons (Fsp3) is 0.412. The minimum absolute atomic E-state index is 0.0389. The van der Waals surface area contributed by atoms with Crippen LogP contribution in [0.15, 0.2) is 34.7 Å². The Bertz CT molecular complexity index is 727. The summed E-state index contributed by atoms with van der Waals surface area (Å²) < 4.78 is 0.822. The smallest absolute Gasteiger partial charge is 0.233 e. The van der Waals surface area contributed by atoms with Crippen molar-refractivity contribution in [1.82, 2.24) is 15.1 Å². The number of aryl methyl sites for hydroxylation is 1. The summed E-state index contributed by atoms with van der Waals surface area (Å²) in [6.45, 7) is 3.15. The number of amides is 2. The van der Waals surface area contributed by atoms with Crippen molar-refractivity contribution in [3.63, 3.8) is 0 Å². The predicted octanol–water partition coefficient (Wildman–Crippen LogP) is 2.82. The van der Waals surface area contributed by atoms with E-state index in [1.807, 2.05) is 42.2 Å². The zero-order chi connectivity index (χ0) is 17.6. The Kier molecular flexibility index (Phi) is 6.04. The number of aromatic nitrogens is 2. The largest absolute Gasteiger partial charge is 0.342 e. The fourth-order valence-corrected chi connectivity index (χ4v) is 4.43. The molecule has 0 spiro atoms. The topological polar surface area (TPSA) is 75.2 Å². The van der Waals surface area contributed by atoms with Crippen LogP contribution in [-0.2, 0) is 9.59 Å². The maximum atomic E-state index is 12.3. The van der Waals surface area contributed by atoms with Gasteiger partial charge in [0.1, 0.15) is 5.01 Å². The number of likely N-dealkylation sites (tertiary alicyclic amines) is 1. The minimum Gasteiger partial charge on any atom is -0.342 e. The van der Waals surface area contributed by atoms with Gasteiger partial charge in [-0.05, 0) is 31.9 Å². The maximum Gasteiger partial charge on any atom is 0.233 e. The summed E-state index contributed by atoms with van der Waals surface area (Å²) in [5.74, 6) is 0.467. The van der Waals surface area contributed by atoms with Gasteiger partial charge in [0.05, 0.1) is 5.75 Å². The Morgan fingerprint density at radius 2 is 1.96 bits per heavy atom. The molecule has 25 heavy (non-hydrogen) atoms. The summed E-state index contributed by atoms with van der Waals surface area (Å²) in [5.41, 5.74) is 0.815. The molecule has 2 heterocycles. The standard InChI is InChI=1S/C17H20N4O2S2/c1-12-19-20-17(25-12)24-11-15(22)21-9-7-13(8-10-21)16(23)18-14-5-3-2-4-6-14/h2-6,13H,7-11H2,1H3,(H,18,23). The Labute approximate surface area is 155 Å². The molecule has 1 aliphatic heterocycles. The Balaban J connectivity index is 1.43. The summed E-state index contributed by atoms with van der Waals surface area (Å²) in [7, 11) is 0. The molecule has 1 saturated heterocycles. The monoisotopic (exact) mass is 376 g/mol. The van der Waals surface area contributed by atoms with Crippen molar-refractivity contribution < 1.29 is 9.59 Å². The molecule has 132 valence electrons. The molecule has 2 aromatic rings. The van der Waals surface area contributed by atoms with Gasteiger partial charge in [-0.3, -0.25) is 9.59 Å². The number of hydrogen-bond acceptors (Lipinski definition) is 6. The summed E-state index contributed by atoms with van der Waals surface area (Å²) in [4.78, 5) is 26.5. The van der Waals surface area contributed by atoms with Crippen LogP contribution in [-0.4, -0.2) is 45.8 Å². The van der Waals surface area contributed by atoms with Gasteiger partial charge in [0.2, 0.25) is 11.8 Å². The zero-order valence-corrected chi connectivity index (χ0v) is 15.6. The number of nitrogens with one attached hydrogen (secondary N) is 1. The lowest BCUT2D eigenvalue weighted by Gasteiger charge is -2.31. The molecule has 1 aromatic carbocycles. The highest BCUT2D eigenvalue weighted by Crippen LogP contribution is 2.24. The van der Waals surface area contributed by atoms with Crippen LogP contribution in [0.25, 0.3) is 0 Å². The first-order valence-electron chi connectivity index (χ1n) is 8.18. The highest BCUT2D eigenvalue weighted by molar-refractivity contribution is 8.01. The van der Waals surface area contributed by atoms with Crippen molar-refractivity contribution in [2.24, 2.45) is 5.92 Å². The molecule has 1 N–H and O–H groups in total. The average Bonchev–Trinajstić information content (AvgIpc) is 3.06. The number of para-hydroxylation sites is 1. The first-order valence-corrected chi connectivity index (χ1v) is 9.98. The molecule has 6 nitrogen and oxygen atoms in total. The molecule has 1 aliphatic rings. The molecule has 0 saturated carbocycles. The van der Waals surface area contributed by atoms with E-state index in [4.69, 9.17) is 0 Å². The number of carbonyl (C=O) groups excluding carboxylic acids is 2. The van der Waals surface area contributed by atoms with E-state index in [0.29, 0.717) is 31.7 Å². The molecule has 0 atom stereocenters. The lowest BCUT2D eigenvalue weighted by atomic mass is 9.96. The minimum atomic E-state index is -0.0391. The lowest BCUT2D eigenvalue weighted by Crippen LogP contribution is -2.42. The summed E-state index contributed by atoms with van der Waals surface area (Å²) in [5, 5.41) is 11.8. The van der Waals surface area contributed by atoms with Crippen molar-refractivity contribution in [2.45, 2.75) is 24.1 Å². The van der Waals surface area contributed by atoms with Crippen LogP contribution in [0, 0.1) is 12.8 Å². The molecule has 2 amide bonds. The number of nitrogens with zero attached hydrogens (tertiary/aromatic N) is 3. The van der Waals surface area contributed by atoms with Gasteiger partial charge in [0, 0.05) is 24.7 Å². The summed E-state index contributed by atoms with van der Waals surface area (Å²) >= 11 is 2.92. The Hall–Kier alpha value is -1.93. The van der Waals surface area contributed by atoms with E-state index < -0.39 is 0 Å². The van der Waals surface area contributed by atoms with E-state index in [2.05, 4.69) is 15.5 Å². The van der Waals surface area contributed by atoms with Gasteiger partial charge in [-0.25, -0.2) is 0 Å². The molecule has 8 heteroatoms. The number of thioether (sulfide) groups is 1. The third-order valence-electron chi connectivity index (χ3n) is 4.09. The molecular weight excluding hydrogens is 356 g/mol. The Morgan fingerprint density at radius 3 is 2.60 bits per heavy atom. The van der Waals surface area contributed by atoms with Gasteiger partial charge in [-0.2, -0.15) is 0 Å². The van der Waals surface area contributed by atoms with E-state index in [1.54, 1.807) is 0 Å². The molecule has 0 aliphatic carbocycles. The molecule has 1 aromatic heterocycles. The summed E-state index contributed by atoms with van der Waals surface area (Å²) in [6, 6.07) is 9.47. The van der Waals surface area contributed by atoms with Crippen LogP contribution in [0.4, 0.5) is 5.69 Å². The van der Waals surface area contributed by atoms with Gasteiger partial charge in [0.15, 0.2) is 4.34 Å². The van der Waals surface area contributed by atoms with Crippen LogP contribution < -0.4 is 5.32 Å². The highest BCUT2D eigenvalue weighted by atomic mass is 32.2. The number of benzene rings is 1. The van der Waals surface area contributed by atoms with E-state index in [-0.39, 0.29) is 17.7 Å². The molecule has 0 bridgehead atoms. The zero-order valence-electron chi connectivity index (χ0n) is 14.0. The van der Waals surface area contributed by atoms with E-state index in [1.165, 1.54) is 23.1 Å². The summed E-state index contributed by atoms with van der Waals surface area (Å²) in [6.07, 6.45) is 1.40. The van der Waals surface area contributed by atoms with Gasteiger partial charge in [0.25, 0.3) is 0 Å². The molecule has 3 rings (SSSR count). The van der Waals surface area contributed by atoms with E-state index >= 15 is 0 Å². The Morgan fingerprint density at radius 1 is 1.24 bits per heavy atom.